The number of hydrogen-bond donors (Lipinski definition) is 2. The third kappa shape index (κ3) is 4.17. The highest BCUT2D eigenvalue weighted by molar-refractivity contribution is 7.99. The van der Waals surface area contributed by atoms with Crippen LogP contribution in [-0.4, -0.2) is 55.2 Å². The second-order valence-electron chi connectivity index (χ2n) is 5.58. The molecule has 0 bridgehead atoms. The van der Waals surface area contributed by atoms with Crippen LogP contribution in [0.4, 0.5) is 5.82 Å². The molecule has 2 N–H and O–H groups in total. The van der Waals surface area contributed by atoms with Crippen LogP contribution in [0.3, 0.4) is 0 Å². The van der Waals surface area contributed by atoms with Crippen molar-refractivity contribution in [2.24, 2.45) is 0 Å². The van der Waals surface area contributed by atoms with Crippen LogP contribution in [-0.2, 0) is 16.1 Å². The number of aromatic nitrogens is 2. The Morgan fingerprint density at radius 3 is 2.69 bits per heavy atom. The number of aliphatic carboxylic acids is 1. The van der Waals surface area contributed by atoms with E-state index in [1.807, 2.05) is 0 Å². The quantitative estimate of drug-likeness (QED) is 0.800. The monoisotopic (exact) mass is 394 g/mol. The molecule has 2 amide bonds. The molecule has 136 valence electrons. The molecule has 10 heteroatoms. The number of hydrogen-bond acceptors (Lipinski definition) is 5. The van der Waals surface area contributed by atoms with Gasteiger partial charge in [0.2, 0.25) is 5.91 Å². The maximum atomic E-state index is 12.7. The van der Waals surface area contributed by atoms with E-state index in [1.165, 1.54) is 33.6 Å². The zero-order valence-electron chi connectivity index (χ0n) is 13.5. The molecule has 1 aromatic heterocycles. The lowest BCUT2D eigenvalue weighted by Crippen LogP contribution is -2.44. The number of nitrogens with one attached hydrogen (secondary N) is 1. The maximum absolute atomic E-state index is 12.7. The van der Waals surface area contributed by atoms with E-state index in [1.54, 1.807) is 24.3 Å². The Kier molecular flexibility index (Phi) is 5.48. The van der Waals surface area contributed by atoms with E-state index in [0.29, 0.717) is 22.2 Å². The summed E-state index contributed by atoms with van der Waals surface area (Å²) in [6.07, 6.45) is 1.46. The summed E-state index contributed by atoms with van der Waals surface area (Å²) in [6, 6.07) is 7.37. The molecule has 26 heavy (non-hydrogen) atoms. The molecule has 2 aromatic rings. The molecule has 1 aromatic carbocycles. The summed E-state index contributed by atoms with van der Waals surface area (Å²) in [5.74, 6) is -0.514. The second-order valence-corrected chi connectivity index (χ2v) is 7.02. The molecule has 1 atom stereocenters. The molecule has 1 aliphatic heterocycles. The predicted molar refractivity (Wildman–Crippen MR) is 97.2 cm³/mol. The lowest BCUT2D eigenvalue weighted by Gasteiger charge is -2.22. The van der Waals surface area contributed by atoms with Gasteiger partial charge in [-0.25, -0.2) is 0 Å². The molecule has 0 spiro atoms. The van der Waals surface area contributed by atoms with Crippen molar-refractivity contribution < 1.29 is 19.5 Å². The van der Waals surface area contributed by atoms with Gasteiger partial charge in [-0.15, -0.1) is 11.8 Å². The molecule has 1 saturated heterocycles. The summed E-state index contributed by atoms with van der Waals surface area (Å²) in [6.45, 7) is -0.295. The number of carbonyl (C=O) groups is 3. The number of carboxylic acid groups (broad SMARTS) is 1. The van der Waals surface area contributed by atoms with E-state index in [0.717, 1.165) is 0 Å². The van der Waals surface area contributed by atoms with Crippen molar-refractivity contribution in [3.05, 3.63) is 47.1 Å². The fourth-order valence-corrected chi connectivity index (χ4v) is 3.76. The van der Waals surface area contributed by atoms with Crippen molar-refractivity contribution in [3.8, 4) is 0 Å². The first-order valence-electron chi connectivity index (χ1n) is 7.64. The van der Waals surface area contributed by atoms with E-state index >= 15 is 0 Å². The van der Waals surface area contributed by atoms with Crippen molar-refractivity contribution in [3.63, 3.8) is 0 Å². The topological polar surface area (TPSA) is 105 Å². The van der Waals surface area contributed by atoms with Gasteiger partial charge in [-0.3, -0.25) is 19.1 Å². The molecule has 1 aliphatic rings. The summed E-state index contributed by atoms with van der Waals surface area (Å²) >= 11 is 7.32. The molecule has 0 aliphatic carbocycles. The van der Waals surface area contributed by atoms with Crippen LogP contribution in [0, 0.1) is 0 Å². The van der Waals surface area contributed by atoms with Crippen molar-refractivity contribution in [1.82, 2.24) is 14.7 Å². The van der Waals surface area contributed by atoms with Crippen LogP contribution in [0.1, 0.15) is 10.4 Å². The van der Waals surface area contributed by atoms with Gasteiger partial charge in [0.15, 0.2) is 5.82 Å². The molecule has 0 radical (unpaired) electrons. The molecule has 2 heterocycles. The summed E-state index contributed by atoms with van der Waals surface area (Å²) in [5, 5.41) is 15.9. The third-order valence-corrected chi connectivity index (χ3v) is 4.99. The number of rotatable bonds is 5. The second kappa shape index (κ2) is 7.79. The van der Waals surface area contributed by atoms with Gasteiger partial charge in [0, 0.05) is 28.6 Å². The zero-order chi connectivity index (χ0) is 18.7. The van der Waals surface area contributed by atoms with Crippen LogP contribution in [0.5, 0.6) is 0 Å². The van der Waals surface area contributed by atoms with E-state index < -0.39 is 12.0 Å². The normalized spacial score (nSPS) is 16.5. The van der Waals surface area contributed by atoms with Crippen molar-refractivity contribution in [2.45, 2.75) is 12.6 Å². The molecule has 3 rings (SSSR count). The van der Waals surface area contributed by atoms with Crippen LogP contribution < -0.4 is 5.32 Å². The molecular formula is C16H15ClN4O4S. The Morgan fingerprint density at radius 2 is 2.00 bits per heavy atom. The summed E-state index contributed by atoms with van der Waals surface area (Å²) < 4.78 is 1.21. The Labute approximate surface area is 158 Å². The SMILES string of the molecule is O=C(O)Cn1ccc(NC(=O)C2CSCN2C(=O)c2ccc(Cl)cc2)n1. The highest BCUT2D eigenvalue weighted by atomic mass is 35.5. The highest BCUT2D eigenvalue weighted by Gasteiger charge is 2.35. The van der Waals surface area contributed by atoms with Crippen molar-refractivity contribution in [1.29, 1.82) is 0 Å². The average molecular weight is 395 g/mol. The minimum absolute atomic E-state index is 0.243. The van der Waals surface area contributed by atoms with E-state index in [2.05, 4.69) is 10.4 Å². The molecule has 8 nitrogen and oxygen atoms in total. The van der Waals surface area contributed by atoms with Crippen molar-refractivity contribution >= 4 is 47.0 Å². The number of halogens is 1. The van der Waals surface area contributed by atoms with Crippen LogP contribution >= 0.6 is 23.4 Å². The minimum Gasteiger partial charge on any atom is -0.480 e. The average Bonchev–Trinajstić information content (AvgIpc) is 3.24. The van der Waals surface area contributed by atoms with Gasteiger partial charge < -0.3 is 15.3 Å². The fourth-order valence-electron chi connectivity index (χ4n) is 2.48. The standard InChI is InChI=1S/C16H15ClN4O4S/c17-11-3-1-10(2-4-11)16(25)21-9-26-8-12(21)15(24)18-13-5-6-20(19-13)7-14(22)23/h1-6,12H,7-9H2,(H,22,23)(H,18,19,24). The summed E-state index contributed by atoms with van der Waals surface area (Å²) in [5.41, 5.74) is 0.459. The number of nitrogens with zero attached hydrogens (tertiary/aromatic N) is 3. The minimum atomic E-state index is -1.03. The van der Waals surface area contributed by atoms with Gasteiger partial charge in [-0.2, -0.15) is 5.10 Å². The Bertz CT molecular complexity index is 839. The van der Waals surface area contributed by atoms with Gasteiger partial charge in [0.05, 0.1) is 5.88 Å². The van der Waals surface area contributed by atoms with Gasteiger partial charge in [-0.05, 0) is 24.3 Å². The van der Waals surface area contributed by atoms with Gasteiger partial charge in [0.25, 0.3) is 5.91 Å². The number of thioether (sulfide) groups is 1. The smallest absolute Gasteiger partial charge is 0.325 e. The molecule has 1 unspecified atom stereocenters. The lowest BCUT2D eigenvalue weighted by molar-refractivity contribution is -0.137. The lowest BCUT2D eigenvalue weighted by atomic mass is 10.1. The number of carboxylic acids is 1. The predicted octanol–water partition coefficient (Wildman–Crippen LogP) is 1.77. The zero-order valence-corrected chi connectivity index (χ0v) is 15.0. The Balaban J connectivity index is 1.68. The number of benzene rings is 1. The number of amides is 2. The molecule has 0 saturated carbocycles. The number of anilines is 1. The first kappa shape index (κ1) is 18.3. The highest BCUT2D eigenvalue weighted by Crippen LogP contribution is 2.24. The Morgan fingerprint density at radius 1 is 1.27 bits per heavy atom. The first-order chi connectivity index (χ1) is 12.4. The fraction of sp³-hybridized carbons (Fsp3) is 0.250. The van der Waals surface area contributed by atoms with Gasteiger partial charge in [-0.1, -0.05) is 11.6 Å². The van der Waals surface area contributed by atoms with E-state index in [-0.39, 0.29) is 24.2 Å². The summed E-state index contributed by atoms with van der Waals surface area (Å²) in [4.78, 5) is 37.4. The summed E-state index contributed by atoms with van der Waals surface area (Å²) in [7, 11) is 0. The third-order valence-electron chi connectivity index (χ3n) is 3.73. The maximum Gasteiger partial charge on any atom is 0.325 e. The van der Waals surface area contributed by atoms with Gasteiger partial charge >= 0.3 is 5.97 Å². The number of carbonyl (C=O) groups excluding carboxylic acids is 2. The molecule has 1 fully saturated rings. The van der Waals surface area contributed by atoms with Crippen LogP contribution in [0.25, 0.3) is 0 Å². The van der Waals surface area contributed by atoms with E-state index in [4.69, 9.17) is 16.7 Å². The Hall–Kier alpha value is -2.52. The molecular weight excluding hydrogens is 380 g/mol. The largest absolute Gasteiger partial charge is 0.480 e. The first-order valence-corrected chi connectivity index (χ1v) is 9.17. The van der Waals surface area contributed by atoms with E-state index in [9.17, 15) is 14.4 Å². The van der Waals surface area contributed by atoms with Crippen LogP contribution in [0.15, 0.2) is 36.5 Å². The van der Waals surface area contributed by atoms with Crippen LogP contribution in [0.2, 0.25) is 5.02 Å². The van der Waals surface area contributed by atoms with Crippen molar-refractivity contribution in [2.75, 3.05) is 16.9 Å². The van der Waals surface area contributed by atoms with Gasteiger partial charge in [0.1, 0.15) is 12.6 Å².